The van der Waals surface area contributed by atoms with E-state index in [2.05, 4.69) is 23.7 Å². The van der Waals surface area contributed by atoms with Crippen molar-refractivity contribution in [3.63, 3.8) is 0 Å². The molecule has 2 rings (SSSR count). The number of hydrogen-bond acceptors (Lipinski definition) is 6. The second-order valence-electron chi connectivity index (χ2n) is 4.67. The first-order valence-corrected chi connectivity index (χ1v) is 7.89. The molecule has 1 fully saturated rings. The number of ether oxygens (including phenoxy) is 1. The summed E-state index contributed by atoms with van der Waals surface area (Å²) in [6, 6.07) is 0. The third-order valence-corrected chi connectivity index (χ3v) is 5.23. The molecule has 1 saturated heterocycles. The number of carboxylic acid groups (broad SMARTS) is 1. The Morgan fingerprint density at radius 3 is 2.63 bits per heavy atom. The van der Waals surface area contributed by atoms with Crippen molar-refractivity contribution in [3.8, 4) is 0 Å². The molecular formula is C12H18N2O3S2. The molecule has 0 aromatic carbocycles. The molecular weight excluding hydrogens is 284 g/mol. The highest BCUT2D eigenvalue weighted by molar-refractivity contribution is 8.00. The van der Waals surface area contributed by atoms with Crippen LogP contribution in [-0.4, -0.2) is 46.8 Å². The van der Waals surface area contributed by atoms with Gasteiger partial charge in [0.05, 0.1) is 12.3 Å². The normalized spacial score (nSPS) is 23.6. The Labute approximate surface area is 121 Å². The summed E-state index contributed by atoms with van der Waals surface area (Å²) in [6.45, 7) is 6.44. The average molecular weight is 302 g/mol. The van der Waals surface area contributed by atoms with E-state index in [-0.39, 0.29) is 11.5 Å². The van der Waals surface area contributed by atoms with E-state index in [0.717, 1.165) is 18.2 Å². The summed E-state index contributed by atoms with van der Waals surface area (Å²) in [6.07, 6.45) is 0. The van der Waals surface area contributed by atoms with Crippen LogP contribution in [0.15, 0.2) is 0 Å². The van der Waals surface area contributed by atoms with E-state index in [1.807, 2.05) is 11.8 Å². The number of carbonyl (C=O) groups is 1. The molecule has 1 aliphatic rings. The van der Waals surface area contributed by atoms with E-state index in [1.165, 1.54) is 11.3 Å². The van der Waals surface area contributed by atoms with E-state index >= 15 is 0 Å². The predicted molar refractivity (Wildman–Crippen MR) is 78.5 cm³/mol. The number of methoxy groups -OCH3 is 1. The molecule has 1 aliphatic heterocycles. The molecule has 2 unspecified atom stereocenters. The summed E-state index contributed by atoms with van der Waals surface area (Å²) < 4.78 is 5.02. The molecule has 0 spiro atoms. The molecule has 1 aromatic rings. The minimum Gasteiger partial charge on any atom is -0.477 e. The van der Waals surface area contributed by atoms with Crippen LogP contribution in [0.3, 0.4) is 0 Å². The molecule has 0 bridgehead atoms. The Morgan fingerprint density at radius 1 is 1.47 bits per heavy atom. The zero-order chi connectivity index (χ0) is 14.0. The molecule has 2 atom stereocenters. The van der Waals surface area contributed by atoms with Crippen LogP contribution in [-0.2, 0) is 11.3 Å². The van der Waals surface area contributed by atoms with Gasteiger partial charge in [-0.3, -0.25) is 0 Å². The van der Waals surface area contributed by atoms with Crippen molar-refractivity contribution in [1.29, 1.82) is 0 Å². The SMILES string of the molecule is COCc1nc(N2CC(C)SC(C)C2)sc1C(=O)O. The summed E-state index contributed by atoms with van der Waals surface area (Å²) in [5.41, 5.74) is 0.522. The quantitative estimate of drug-likeness (QED) is 0.921. The van der Waals surface area contributed by atoms with Crippen molar-refractivity contribution in [3.05, 3.63) is 10.6 Å². The van der Waals surface area contributed by atoms with Crippen LogP contribution in [0.2, 0.25) is 0 Å². The highest BCUT2D eigenvalue weighted by atomic mass is 32.2. The lowest BCUT2D eigenvalue weighted by atomic mass is 10.3. The Kier molecular flexibility index (Phi) is 4.70. The van der Waals surface area contributed by atoms with E-state index in [0.29, 0.717) is 16.2 Å². The van der Waals surface area contributed by atoms with Gasteiger partial charge >= 0.3 is 5.97 Å². The second kappa shape index (κ2) is 6.11. The van der Waals surface area contributed by atoms with Gasteiger partial charge in [-0.2, -0.15) is 11.8 Å². The van der Waals surface area contributed by atoms with Crippen LogP contribution in [0, 0.1) is 0 Å². The largest absolute Gasteiger partial charge is 0.477 e. The predicted octanol–water partition coefficient (Wildman–Crippen LogP) is 2.32. The second-order valence-corrected chi connectivity index (χ2v) is 7.53. The minimum absolute atomic E-state index is 0.242. The van der Waals surface area contributed by atoms with Crippen LogP contribution in [0.25, 0.3) is 0 Å². The fraction of sp³-hybridized carbons (Fsp3) is 0.667. The first-order chi connectivity index (χ1) is 9.01. The van der Waals surface area contributed by atoms with Crippen LogP contribution in [0.1, 0.15) is 29.2 Å². The first kappa shape index (κ1) is 14.6. The lowest BCUT2D eigenvalue weighted by Gasteiger charge is -2.34. The van der Waals surface area contributed by atoms with E-state index < -0.39 is 5.97 Å². The van der Waals surface area contributed by atoms with Gasteiger partial charge in [0, 0.05) is 30.7 Å². The molecule has 106 valence electrons. The van der Waals surface area contributed by atoms with E-state index in [1.54, 1.807) is 7.11 Å². The maximum absolute atomic E-state index is 11.2. The molecule has 0 saturated carbocycles. The lowest BCUT2D eigenvalue weighted by Crippen LogP contribution is -2.40. The lowest BCUT2D eigenvalue weighted by molar-refractivity contribution is 0.0697. The average Bonchev–Trinajstić information content (AvgIpc) is 2.72. The maximum atomic E-state index is 11.2. The number of anilines is 1. The summed E-state index contributed by atoms with van der Waals surface area (Å²) in [7, 11) is 1.55. The van der Waals surface area contributed by atoms with Gasteiger partial charge in [0.15, 0.2) is 5.13 Å². The van der Waals surface area contributed by atoms with Crippen molar-refractivity contribution in [1.82, 2.24) is 4.98 Å². The topological polar surface area (TPSA) is 62.7 Å². The molecule has 0 radical (unpaired) electrons. The summed E-state index contributed by atoms with van der Waals surface area (Å²) >= 11 is 3.21. The third kappa shape index (κ3) is 3.40. The van der Waals surface area contributed by atoms with Gasteiger partial charge in [0.1, 0.15) is 4.88 Å². The maximum Gasteiger partial charge on any atom is 0.347 e. The summed E-state index contributed by atoms with van der Waals surface area (Å²) in [5, 5.41) is 11.1. The molecule has 7 heteroatoms. The minimum atomic E-state index is -0.928. The smallest absolute Gasteiger partial charge is 0.347 e. The van der Waals surface area contributed by atoms with E-state index in [4.69, 9.17) is 4.74 Å². The molecule has 5 nitrogen and oxygen atoms in total. The van der Waals surface area contributed by atoms with Crippen molar-refractivity contribution in [2.45, 2.75) is 31.0 Å². The Bertz CT molecular complexity index is 454. The van der Waals surface area contributed by atoms with Crippen molar-refractivity contribution >= 4 is 34.2 Å². The number of hydrogen-bond donors (Lipinski definition) is 1. The Morgan fingerprint density at radius 2 is 2.11 bits per heavy atom. The number of rotatable bonds is 4. The fourth-order valence-electron chi connectivity index (χ4n) is 2.21. The van der Waals surface area contributed by atoms with Crippen molar-refractivity contribution in [2.75, 3.05) is 25.1 Å². The molecule has 0 aliphatic carbocycles. The molecule has 1 aromatic heterocycles. The molecule has 2 heterocycles. The van der Waals surface area contributed by atoms with Crippen molar-refractivity contribution < 1.29 is 14.6 Å². The highest BCUT2D eigenvalue weighted by Gasteiger charge is 2.26. The van der Waals surface area contributed by atoms with Gasteiger partial charge in [-0.05, 0) is 0 Å². The van der Waals surface area contributed by atoms with Gasteiger partial charge in [-0.15, -0.1) is 0 Å². The van der Waals surface area contributed by atoms with Crippen LogP contribution in [0.5, 0.6) is 0 Å². The first-order valence-electron chi connectivity index (χ1n) is 6.13. The fourth-order valence-corrected chi connectivity index (χ4v) is 4.46. The number of carboxylic acids is 1. The molecule has 1 N–H and O–H groups in total. The van der Waals surface area contributed by atoms with E-state index in [9.17, 15) is 9.90 Å². The van der Waals surface area contributed by atoms with Gasteiger partial charge < -0.3 is 14.7 Å². The van der Waals surface area contributed by atoms with Gasteiger partial charge in [0.2, 0.25) is 0 Å². The third-order valence-electron chi connectivity index (χ3n) is 2.85. The summed E-state index contributed by atoms with van der Waals surface area (Å²) in [4.78, 5) is 18.1. The highest BCUT2D eigenvalue weighted by Crippen LogP contribution is 2.32. The molecule has 19 heavy (non-hydrogen) atoms. The number of nitrogens with zero attached hydrogens (tertiary/aromatic N) is 2. The number of aromatic carboxylic acids is 1. The molecule has 0 amide bonds. The van der Waals surface area contributed by atoms with Crippen LogP contribution >= 0.6 is 23.1 Å². The zero-order valence-corrected chi connectivity index (χ0v) is 12.9. The van der Waals surface area contributed by atoms with Gasteiger partial charge in [-0.25, -0.2) is 9.78 Å². The van der Waals surface area contributed by atoms with Crippen molar-refractivity contribution in [2.24, 2.45) is 0 Å². The van der Waals surface area contributed by atoms with Crippen LogP contribution < -0.4 is 4.90 Å². The Hall–Kier alpha value is -0.790. The number of thioether (sulfide) groups is 1. The zero-order valence-electron chi connectivity index (χ0n) is 11.3. The van der Waals surface area contributed by atoms with Gasteiger partial charge in [-0.1, -0.05) is 25.2 Å². The number of aromatic nitrogens is 1. The number of thiazole rings is 1. The monoisotopic (exact) mass is 302 g/mol. The standard InChI is InChI=1S/C12H18N2O3S2/c1-7-4-14(5-8(2)18-7)12-13-9(6-17-3)10(19-12)11(15)16/h7-8H,4-6H2,1-3H3,(H,15,16). The van der Waals surface area contributed by atoms with Crippen LogP contribution in [0.4, 0.5) is 5.13 Å². The Balaban J connectivity index is 2.24. The van der Waals surface area contributed by atoms with Gasteiger partial charge in [0.25, 0.3) is 0 Å². The summed E-state index contributed by atoms with van der Waals surface area (Å²) in [5.74, 6) is -0.928.